The monoisotopic (exact) mass is 264 g/mol. The molecule has 0 aliphatic heterocycles. The van der Waals surface area contributed by atoms with E-state index in [9.17, 15) is 9.59 Å². The van der Waals surface area contributed by atoms with E-state index in [4.69, 9.17) is 5.11 Å². The van der Waals surface area contributed by atoms with E-state index in [2.05, 4.69) is 0 Å². The van der Waals surface area contributed by atoms with Crippen molar-refractivity contribution in [3.8, 4) is 0 Å². The van der Waals surface area contributed by atoms with Gasteiger partial charge in [0.2, 0.25) is 0 Å². The predicted octanol–water partition coefficient (Wildman–Crippen LogP) is 2.35. The maximum atomic E-state index is 12.2. The summed E-state index contributed by atoms with van der Waals surface area (Å²) in [5.74, 6) is -0.990. The number of hydrogen-bond acceptors (Lipinski definition) is 2. The van der Waals surface area contributed by atoms with Gasteiger partial charge in [0, 0.05) is 19.8 Å². The lowest BCUT2D eigenvalue weighted by Gasteiger charge is -2.29. The summed E-state index contributed by atoms with van der Waals surface area (Å²) in [4.78, 5) is 26.0. The van der Waals surface area contributed by atoms with E-state index in [1.165, 1.54) is 16.8 Å². The van der Waals surface area contributed by atoms with Crippen LogP contribution in [0.5, 0.6) is 0 Å². The Hall–Kier alpha value is -2.04. The number of aliphatic carboxylic acids is 1. The van der Waals surface area contributed by atoms with Crippen molar-refractivity contribution in [3.05, 3.63) is 29.8 Å². The van der Waals surface area contributed by atoms with Gasteiger partial charge in [0.15, 0.2) is 0 Å². The first-order chi connectivity index (χ1) is 8.88. The molecule has 0 heterocycles. The number of urea groups is 1. The van der Waals surface area contributed by atoms with Crippen molar-refractivity contribution in [1.29, 1.82) is 0 Å². The van der Waals surface area contributed by atoms with E-state index < -0.39 is 12.0 Å². The Labute approximate surface area is 113 Å². The standard InChI is InChI=1S/C14H20N2O3/c1-5-12(13(17)18)16(4)14(19)15(3)11-8-6-10(2)7-9-11/h6-9,12H,5H2,1-4H3,(H,17,18). The summed E-state index contributed by atoms with van der Waals surface area (Å²) in [6.07, 6.45) is 0.374. The number of nitrogens with zero attached hydrogens (tertiary/aromatic N) is 2. The van der Waals surface area contributed by atoms with Crippen molar-refractivity contribution in [2.45, 2.75) is 26.3 Å². The Morgan fingerprint density at radius 2 is 1.74 bits per heavy atom. The molecule has 1 rings (SSSR count). The number of amides is 2. The minimum Gasteiger partial charge on any atom is -0.480 e. The second kappa shape index (κ2) is 6.22. The highest BCUT2D eigenvalue weighted by Crippen LogP contribution is 2.16. The average molecular weight is 264 g/mol. The highest BCUT2D eigenvalue weighted by atomic mass is 16.4. The first kappa shape index (κ1) is 15.0. The highest BCUT2D eigenvalue weighted by molar-refractivity contribution is 5.93. The van der Waals surface area contributed by atoms with Crippen LogP contribution in [0.3, 0.4) is 0 Å². The fourth-order valence-electron chi connectivity index (χ4n) is 1.86. The molecule has 0 saturated heterocycles. The minimum absolute atomic E-state index is 0.335. The molecule has 5 nitrogen and oxygen atoms in total. The SMILES string of the molecule is CCC(C(=O)O)N(C)C(=O)N(C)c1ccc(C)cc1. The predicted molar refractivity (Wildman–Crippen MR) is 74.5 cm³/mol. The molecule has 0 aromatic heterocycles. The molecule has 19 heavy (non-hydrogen) atoms. The maximum absolute atomic E-state index is 12.2. The molecule has 1 atom stereocenters. The van der Waals surface area contributed by atoms with Crippen LogP contribution in [0.2, 0.25) is 0 Å². The molecule has 104 valence electrons. The molecule has 0 aliphatic carbocycles. The molecular formula is C14H20N2O3. The van der Waals surface area contributed by atoms with Crippen molar-refractivity contribution in [3.63, 3.8) is 0 Å². The number of carbonyl (C=O) groups excluding carboxylic acids is 1. The highest BCUT2D eigenvalue weighted by Gasteiger charge is 2.27. The Bertz CT molecular complexity index is 456. The van der Waals surface area contributed by atoms with E-state index >= 15 is 0 Å². The molecule has 1 unspecified atom stereocenters. The largest absolute Gasteiger partial charge is 0.480 e. The molecule has 0 bridgehead atoms. The van der Waals surface area contributed by atoms with Gasteiger partial charge in [0.25, 0.3) is 0 Å². The number of rotatable bonds is 4. The minimum atomic E-state index is -0.990. The van der Waals surface area contributed by atoms with Crippen LogP contribution in [-0.2, 0) is 4.79 Å². The number of aryl methyl sites for hydroxylation is 1. The van der Waals surface area contributed by atoms with E-state index in [1.54, 1.807) is 14.0 Å². The van der Waals surface area contributed by atoms with Crippen LogP contribution in [0.25, 0.3) is 0 Å². The molecule has 1 aromatic rings. The molecule has 2 amide bonds. The van der Waals surface area contributed by atoms with Crippen LogP contribution in [0.1, 0.15) is 18.9 Å². The summed E-state index contributed by atoms with van der Waals surface area (Å²) in [5, 5.41) is 9.07. The molecule has 0 aliphatic rings. The molecule has 0 saturated carbocycles. The maximum Gasteiger partial charge on any atom is 0.326 e. The van der Waals surface area contributed by atoms with E-state index in [-0.39, 0.29) is 6.03 Å². The number of carbonyl (C=O) groups is 2. The van der Waals surface area contributed by atoms with Crippen LogP contribution >= 0.6 is 0 Å². The topological polar surface area (TPSA) is 60.9 Å². The molecule has 0 radical (unpaired) electrons. The van der Waals surface area contributed by atoms with Crippen LogP contribution in [0, 0.1) is 6.92 Å². The Morgan fingerprint density at radius 1 is 1.21 bits per heavy atom. The summed E-state index contributed by atoms with van der Waals surface area (Å²) in [6, 6.07) is 6.35. The number of hydrogen-bond donors (Lipinski definition) is 1. The number of carboxylic acid groups (broad SMARTS) is 1. The molecule has 1 N–H and O–H groups in total. The number of carboxylic acids is 1. The van der Waals surface area contributed by atoms with Crippen molar-refractivity contribution < 1.29 is 14.7 Å². The van der Waals surface area contributed by atoms with Crippen LogP contribution in [-0.4, -0.2) is 42.1 Å². The zero-order chi connectivity index (χ0) is 14.6. The summed E-state index contributed by atoms with van der Waals surface area (Å²) in [5.41, 5.74) is 1.85. The van der Waals surface area contributed by atoms with E-state index in [1.807, 2.05) is 31.2 Å². The van der Waals surface area contributed by atoms with Crippen molar-refractivity contribution in [2.75, 3.05) is 19.0 Å². The van der Waals surface area contributed by atoms with Gasteiger partial charge in [-0.2, -0.15) is 0 Å². The first-order valence-corrected chi connectivity index (χ1v) is 6.18. The third kappa shape index (κ3) is 3.47. The number of likely N-dealkylation sites (N-methyl/N-ethyl adjacent to an activating group) is 1. The number of benzene rings is 1. The lowest BCUT2D eigenvalue weighted by Crippen LogP contribution is -2.47. The van der Waals surface area contributed by atoms with Crippen molar-refractivity contribution in [2.24, 2.45) is 0 Å². The molecule has 0 spiro atoms. The fraction of sp³-hybridized carbons (Fsp3) is 0.429. The summed E-state index contributed by atoms with van der Waals surface area (Å²) >= 11 is 0. The third-order valence-corrected chi connectivity index (χ3v) is 3.15. The number of anilines is 1. The van der Waals surface area contributed by atoms with Crippen LogP contribution in [0.4, 0.5) is 10.5 Å². The Kier molecular flexibility index (Phi) is 4.92. The second-order valence-electron chi connectivity index (χ2n) is 4.55. The van der Waals surface area contributed by atoms with Gasteiger partial charge in [-0.1, -0.05) is 24.6 Å². The summed E-state index contributed by atoms with van der Waals surface area (Å²) < 4.78 is 0. The van der Waals surface area contributed by atoms with Gasteiger partial charge >= 0.3 is 12.0 Å². The molecular weight excluding hydrogens is 244 g/mol. The zero-order valence-electron chi connectivity index (χ0n) is 11.8. The van der Waals surface area contributed by atoms with Gasteiger partial charge in [-0.25, -0.2) is 9.59 Å². The lowest BCUT2D eigenvalue weighted by atomic mass is 10.2. The van der Waals surface area contributed by atoms with Crippen LogP contribution < -0.4 is 4.90 Å². The molecule has 5 heteroatoms. The first-order valence-electron chi connectivity index (χ1n) is 6.18. The molecule has 1 aromatic carbocycles. The van der Waals surface area contributed by atoms with Gasteiger partial charge in [-0.3, -0.25) is 4.90 Å². The second-order valence-corrected chi connectivity index (χ2v) is 4.55. The van der Waals surface area contributed by atoms with Crippen LogP contribution in [0.15, 0.2) is 24.3 Å². The average Bonchev–Trinajstić information content (AvgIpc) is 2.38. The van der Waals surface area contributed by atoms with E-state index in [0.29, 0.717) is 6.42 Å². The molecule has 0 fully saturated rings. The zero-order valence-corrected chi connectivity index (χ0v) is 11.8. The van der Waals surface area contributed by atoms with Gasteiger partial charge in [-0.05, 0) is 25.5 Å². The van der Waals surface area contributed by atoms with Gasteiger partial charge < -0.3 is 10.0 Å². The van der Waals surface area contributed by atoms with Gasteiger partial charge in [0.05, 0.1) is 0 Å². The van der Waals surface area contributed by atoms with Crippen molar-refractivity contribution >= 4 is 17.7 Å². The quantitative estimate of drug-likeness (QED) is 0.908. The Balaban J connectivity index is 2.87. The van der Waals surface area contributed by atoms with Gasteiger partial charge in [-0.15, -0.1) is 0 Å². The third-order valence-electron chi connectivity index (χ3n) is 3.15. The fourth-order valence-corrected chi connectivity index (χ4v) is 1.86. The summed E-state index contributed by atoms with van der Waals surface area (Å²) in [6.45, 7) is 3.71. The van der Waals surface area contributed by atoms with Gasteiger partial charge in [0.1, 0.15) is 6.04 Å². The van der Waals surface area contributed by atoms with Crippen molar-refractivity contribution in [1.82, 2.24) is 4.90 Å². The normalized spacial score (nSPS) is 11.8. The lowest BCUT2D eigenvalue weighted by molar-refractivity contribution is -0.141. The van der Waals surface area contributed by atoms with E-state index in [0.717, 1.165) is 11.3 Å². The Morgan fingerprint density at radius 3 is 2.16 bits per heavy atom. The summed E-state index contributed by atoms with van der Waals surface area (Å²) in [7, 11) is 3.15. The smallest absolute Gasteiger partial charge is 0.326 e.